The second-order valence-corrected chi connectivity index (χ2v) is 5.52. The standard InChI is InChI=1S/C12H15BrN4O/c1-8-6-16(7-9(2)18-8)12-4-3-11-14-5-10(13)17(11)15-12/h3-5,8-9H,6-7H2,1-2H3/t8-,9+. The molecule has 2 aromatic rings. The normalized spacial score (nSPS) is 24.7. The Morgan fingerprint density at radius 2 is 2.00 bits per heavy atom. The molecule has 3 heterocycles. The third kappa shape index (κ3) is 2.10. The van der Waals surface area contributed by atoms with Crippen molar-refractivity contribution in [3.8, 4) is 0 Å². The van der Waals surface area contributed by atoms with Crippen LogP contribution in [0, 0.1) is 0 Å². The number of fused-ring (bicyclic) bond motifs is 1. The molecule has 0 spiro atoms. The molecule has 1 aliphatic rings. The van der Waals surface area contributed by atoms with E-state index in [1.54, 1.807) is 10.7 Å². The van der Waals surface area contributed by atoms with Crippen molar-refractivity contribution >= 4 is 27.4 Å². The fourth-order valence-electron chi connectivity index (χ4n) is 2.37. The molecule has 0 unspecified atom stereocenters. The van der Waals surface area contributed by atoms with Gasteiger partial charge in [-0.05, 0) is 41.9 Å². The van der Waals surface area contributed by atoms with E-state index in [1.807, 2.05) is 12.1 Å². The molecule has 5 nitrogen and oxygen atoms in total. The van der Waals surface area contributed by atoms with Crippen molar-refractivity contribution < 1.29 is 4.74 Å². The highest BCUT2D eigenvalue weighted by Gasteiger charge is 2.23. The zero-order valence-electron chi connectivity index (χ0n) is 10.4. The minimum Gasteiger partial charge on any atom is -0.372 e. The van der Waals surface area contributed by atoms with Crippen LogP contribution in [0.3, 0.4) is 0 Å². The Hall–Kier alpha value is -1.14. The number of nitrogens with zero attached hydrogens (tertiary/aromatic N) is 4. The minimum absolute atomic E-state index is 0.234. The molecule has 0 aliphatic carbocycles. The SMILES string of the molecule is C[C@@H]1CN(c2ccc3ncc(Br)n3n2)C[C@H](C)O1. The van der Waals surface area contributed by atoms with E-state index >= 15 is 0 Å². The largest absolute Gasteiger partial charge is 0.372 e. The maximum absolute atomic E-state index is 5.74. The smallest absolute Gasteiger partial charge is 0.154 e. The first-order valence-electron chi connectivity index (χ1n) is 6.04. The Morgan fingerprint density at radius 1 is 1.28 bits per heavy atom. The molecule has 1 saturated heterocycles. The fourth-order valence-corrected chi connectivity index (χ4v) is 2.73. The Balaban J connectivity index is 1.95. The van der Waals surface area contributed by atoms with Crippen molar-refractivity contribution in [1.82, 2.24) is 14.6 Å². The number of hydrogen-bond acceptors (Lipinski definition) is 4. The summed E-state index contributed by atoms with van der Waals surface area (Å²) in [6.07, 6.45) is 2.23. The van der Waals surface area contributed by atoms with E-state index in [-0.39, 0.29) is 12.2 Å². The molecule has 96 valence electrons. The maximum Gasteiger partial charge on any atom is 0.154 e. The van der Waals surface area contributed by atoms with Crippen LogP contribution in [-0.2, 0) is 4.74 Å². The molecular formula is C12H15BrN4O. The summed E-state index contributed by atoms with van der Waals surface area (Å²) in [7, 11) is 0. The van der Waals surface area contributed by atoms with E-state index in [2.05, 4.69) is 44.8 Å². The molecule has 2 atom stereocenters. The topological polar surface area (TPSA) is 42.7 Å². The molecule has 18 heavy (non-hydrogen) atoms. The summed E-state index contributed by atoms with van der Waals surface area (Å²) in [5, 5.41) is 4.60. The van der Waals surface area contributed by atoms with Gasteiger partial charge in [0.1, 0.15) is 10.4 Å². The molecule has 6 heteroatoms. The quantitative estimate of drug-likeness (QED) is 0.809. The maximum atomic E-state index is 5.74. The number of morpholine rings is 1. The third-order valence-electron chi connectivity index (χ3n) is 3.05. The van der Waals surface area contributed by atoms with Gasteiger partial charge in [0.05, 0.1) is 18.4 Å². The van der Waals surface area contributed by atoms with Crippen molar-refractivity contribution in [3.05, 3.63) is 22.9 Å². The van der Waals surface area contributed by atoms with Gasteiger partial charge in [-0.3, -0.25) is 0 Å². The zero-order chi connectivity index (χ0) is 12.7. The second-order valence-electron chi connectivity index (χ2n) is 4.70. The van der Waals surface area contributed by atoms with E-state index in [4.69, 9.17) is 4.74 Å². The summed E-state index contributed by atoms with van der Waals surface area (Å²) in [6, 6.07) is 4.00. The van der Waals surface area contributed by atoms with Gasteiger partial charge in [-0.15, -0.1) is 5.10 Å². The van der Waals surface area contributed by atoms with Gasteiger partial charge < -0.3 is 9.64 Å². The van der Waals surface area contributed by atoms with Gasteiger partial charge in [-0.2, -0.15) is 0 Å². The molecule has 0 aromatic carbocycles. The molecule has 0 saturated carbocycles. The first kappa shape index (κ1) is 11.9. The van der Waals surface area contributed by atoms with Gasteiger partial charge in [-0.1, -0.05) is 0 Å². The molecule has 0 bridgehead atoms. The van der Waals surface area contributed by atoms with Gasteiger partial charge >= 0.3 is 0 Å². The van der Waals surface area contributed by atoms with Crippen LogP contribution in [0.25, 0.3) is 5.65 Å². The minimum atomic E-state index is 0.234. The lowest BCUT2D eigenvalue weighted by Crippen LogP contribution is -2.46. The summed E-state index contributed by atoms with van der Waals surface area (Å²) < 4.78 is 8.41. The summed E-state index contributed by atoms with van der Waals surface area (Å²) in [6.45, 7) is 5.92. The number of ether oxygens (including phenoxy) is 1. The van der Waals surface area contributed by atoms with Crippen molar-refractivity contribution in [2.24, 2.45) is 0 Å². The molecule has 2 aromatic heterocycles. The molecule has 3 rings (SSSR count). The summed E-state index contributed by atoms with van der Waals surface area (Å²) >= 11 is 3.44. The Bertz CT molecular complexity index is 560. The third-order valence-corrected chi connectivity index (χ3v) is 3.59. The molecule has 0 radical (unpaired) electrons. The fraction of sp³-hybridized carbons (Fsp3) is 0.500. The van der Waals surface area contributed by atoms with Gasteiger partial charge in [-0.25, -0.2) is 9.50 Å². The van der Waals surface area contributed by atoms with Crippen LogP contribution < -0.4 is 4.90 Å². The van der Waals surface area contributed by atoms with E-state index in [0.717, 1.165) is 29.2 Å². The molecular weight excluding hydrogens is 296 g/mol. The van der Waals surface area contributed by atoms with Crippen molar-refractivity contribution in [1.29, 1.82) is 0 Å². The lowest BCUT2D eigenvalue weighted by Gasteiger charge is -2.35. The van der Waals surface area contributed by atoms with Gasteiger partial charge in [0.2, 0.25) is 0 Å². The van der Waals surface area contributed by atoms with Gasteiger partial charge in [0.25, 0.3) is 0 Å². The van der Waals surface area contributed by atoms with Crippen LogP contribution in [0.15, 0.2) is 22.9 Å². The lowest BCUT2D eigenvalue weighted by molar-refractivity contribution is -0.00551. The summed E-state index contributed by atoms with van der Waals surface area (Å²) in [5.74, 6) is 0.961. The number of anilines is 1. The average molecular weight is 311 g/mol. The zero-order valence-corrected chi connectivity index (χ0v) is 12.0. The predicted molar refractivity (Wildman–Crippen MR) is 72.9 cm³/mol. The molecule has 0 N–H and O–H groups in total. The number of halogens is 1. The summed E-state index contributed by atoms with van der Waals surface area (Å²) in [4.78, 5) is 6.50. The highest BCUT2D eigenvalue weighted by atomic mass is 79.9. The van der Waals surface area contributed by atoms with Crippen molar-refractivity contribution in [2.75, 3.05) is 18.0 Å². The highest BCUT2D eigenvalue weighted by molar-refractivity contribution is 9.10. The Morgan fingerprint density at radius 3 is 2.72 bits per heavy atom. The predicted octanol–water partition coefficient (Wildman–Crippen LogP) is 2.11. The first-order valence-corrected chi connectivity index (χ1v) is 6.83. The molecule has 1 aliphatic heterocycles. The van der Waals surface area contributed by atoms with Crippen LogP contribution in [0.5, 0.6) is 0 Å². The van der Waals surface area contributed by atoms with E-state index in [1.165, 1.54) is 0 Å². The van der Waals surface area contributed by atoms with E-state index < -0.39 is 0 Å². The van der Waals surface area contributed by atoms with Crippen LogP contribution in [0.1, 0.15) is 13.8 Å². The van der Waals surface area contributed by atoms with Crippen LogP contribution in [-0.4, -0.2) is 39.9 Å². The monoisotopic (exact) mass is 310 g/mol. The van der Waals surface area contributed by atoms with Crippen molar-refractivity contribution in [2.45, 2.75) is 26.1 Å². The van der Waals surface area contributed by atoms with Crippen LogP contribution in [0.2, 0.25) is 0 Å². The van der Waals surface area contributed by atoms with Crippen LogP contribution in [0.4, 0.5) is 5.82 Å². The number of hydrogen-bond donors (Lipinski definition) is 0. The van der Waals surface area contributed by atoms with E-state index in [9.17, 15) is 0 Å². The highest BCUT2D eigenvalue weighted by Crippen LogP contribution is 2.20. The number of aromatic nitrogens is 3. The molecule has 0 amide bonds. The van der Waals surface area contributed by atoms with Crippen molar-refractivity contribution in [3.63, 3.8) is 0 Å². The number of rotatable bonds is 1. The average Bonchev–Trinajstić information content (AvgIpc) is 2.69. The first-order chi connectivity index (χ1) is 8.63. The summed E-state index contributed by atoms with van der Waals surface area (Å²) in [5.41, 5.74) is 0.847. The Kier molecular flexibility index (Phi) is 2.99. The van der Waals surface area contributed by atoms with Gasteiger partial charge in [0.15, 0.2) is 5.65 Å². The van der Waals surface area contributed by atoms with Gasteiger partial charge in [0, 0.05) is 13.1 Å². The molecule has 1 fully saturated rings. The number of imidazole rings is 1. The van der Waals surface area contributed by atoms with E-state index in [0.29, 0.717) is 0 Å². The Labute approximate surface area is 114 Å². The second kappa shape index (κ2) is 4.51. The lowest BCUT2D eigenvalue weighted by atomic mass is 10.2. The van der Waals surface area contributed by atoms with Crippen LogP contribution >= 0.6 is 15.9 Å².